The number of hydrogen-bond acceptors (Lipinski definition) is 3. The minimum Gasteiger partial charge on any atom is -0.508 e. The monoisotopic (exact) mass is 207 g/mol. The number of phenols is 1. The zero-order valence-corrected chi connectivity index (χ0v) is 9.02. The molecule has 0 spiro atoms. The van der Waals surface area contributed by atoms with Gasteiger partial charge in [0.25, 0.3) is 0 Å². The highest BCUT2D eigenvalue weighted by Gasteiger charge is 2.20. The molecule has 15 heavy (non-hydrogen) atoms. The number of aromatic hydroxyl groups is 1. The summed E-state index contributed by atoms with van der Waals surface area (Å²) < 4.78 is 5.71. The van der Waals surface area contributed by atoms with Gasteiger partial charge in [0.1, 0.15) is 5.75 Å². The van der Waals surface area contributed by atoms with Gasteiger partial charge in [-0.2, -0.15) is 0 Å². The van der Waals surface area contributed by atoms with Crippen LogP contribution in [-0.4, -0.2) is 36.2 Å². The van der Waals surface area contributed by atoms with E-state index in [2.05, 4.69) is 11.8 Å². The van der Waals surface area contributed by atoms with Gasteiger partial charge in [0.2, 0.25) is 0 Å². The quantitative estimate of drug-likeness (QED) is 0.802. The highest BCUT2D eigenvalue weighted by atomic mass is 16.5. The topological polar surface area (TPSA) is 32.7 Å². The summed E-state index contributed by atoms with van der Waals surface area (Å²) in [6, 6.07) is 7.28. The second-order valence-corrected chi connectivity index (χ2v) is 3.84. The van der Waals surface area contributed by atoms with Crippen LogP contribution < -0.4 is 0 Å². The summed E-state index contributed by atoms with van der Waals surface area (Å²) in [5.41, 5.74) is 1.14. The molecule has 0 aromatic heterocycles. The minimum absolute atomic E-state index is 0.152. The average Bonchev–Trinajstić information content (AvgIpc) is 2.30. The van der Waals surface area contributed by atoms with E-state index >= 15 is 0 Å². The number of hydrogen-bond donors (Lipinski definition) is 1. The van der Waals surface area contributed by atoms with Crippen molar-refractivity contribution in [2.75, 3.05) is 26.2 Å². The Balaban J connectivity index is 2.06. The third-order valence-electron chi connectivity index (χ3n) is 2.86. The molecular weight excluding hydrogens is 190 g/mol. The van der Waals surface area contributed by atoms with Crippen LogP contribution in [-0.2, 0) is 4.74 Å². The normalized spacial score (nSPS) is 22.9. The number of ether oxygens (including phenoxy) is 1. The van der Waals surface area contributed by atoms with Crippen molar-refractivity contribution in [2.24, 2.45) is 0 Å². The molecule has 2 rings (SSSR count). The van der Waals surface area contributed by atoms with Crippen LogP contribution in [0.1, 0.15) is 18.6 Å². The molecule has 1 fully saturated rings. The molecule has 0 saturated carbocycles. The number of rotatable bonds is 2. The fraction of sp³-hybridized carbons (Fsp3) is 0.500. The Morgan fingerprint density at radius 1 is 1.40 bits per heavy atom. The maximum atomic E-state index is 9.20. The Labute approximate surface area is 90.3 Å². The molecule has 1 aliphatic heterocycles. The largest absolute Gasteiger partial charge is 0.508 e. The van der Waals surface area contributed by atoms with Crippen LogP contribution in [0.5, 0.6) is 5.75 Å². The summed E-state index contributed by atoms with van der Waals surface area (Å²) in [5.74, 6) is 0.307. The van der Waals surface area contributed by atoms with Gasteiger partial charge in [0.15, 0.2) is 0 Å². The van der Waals surface area contributed by atoms with Crippen LogP contribution in [0.3, 0.4) is 0 Å². The Hall–Kier alpha value is -1.06. The molecule has 1 N–H and O–H groups in total. The van der Waals surface area contributed by atoms with Crippen molar-refractivity contribution in [3.63, 3.8) is 0 Å². The third kappa shape index (κ3) is 2.49. The van der Waals surface area contributed by atoms with Crippen LogP contribution >= 0.6 is 0 Å². The number of benzene rings is 1. The molecule has 1 aromatic rings. The third-order valence-corrected chi connectivity index (χ3v) is 2.86. The molecule has 1 atom stereocenters. The zero-order chi connectivity index (χ0) is 10.7. The first-order chi connectivity index (χ1) is 7.29. The van der Waals surface area contributed by atoms with Crippen molar-refractivity contribution >= 4 is 0 Å². The van der Waals surface area contributed by atoms with E-state index in [4.69, 9.17) is 4.74 Å². The summed E-state index contributed by atoms with van der Waals surface area (Å²) in [7, 11) is 0. The van der Waals surface area contributed by atoms with Crippen molar-refractivity contribution in [2.45, 2.75) is 13.0 Å². The van der Waals surface area contributed by atoms with Crippen LogP contribution in [0, 0.1) is 0 Å². The van der Waals surface area contributed by atoms with Crippen molar-refractivity contribution in [3.8, 4) is 5.75 Å². The smallest absolute Gasteiger partial charge is 0.115 e. The van der Waals surface area contributed by atoms with Crippen molar-refractivity contribution < 1.29 is 9.84 Å². The van der Waals surface area contributed by atoms with Crippen molar-refractivity contribution in [1.82, 2.24) is 4.90 Å². The predicted molar refractivity (Wildman–Crippen MR) is 58.9 cm³/mol. The van der Waals surface area contributed by atoms with Gasteiger partial charge in [-0.15, -0.1) is 0 Å². The lowest BCUT2D eigenvalue weighted by Gasteiger charge is -2.32. The molecule has 0 amide bonds. The molecule has 3 heteroatoms. The first kappa shape index (κ1) is 10.5. The van der Waals surface area contributed by atoms with Gasteiger partial charge in [-0.1, -0.05) is 19.1 Å². The summed E-state index contributed by atoms with van der Waals surface area (Å²) in [4.78, 5) is 2.38. The van der Waals surface area contributed by atoms with Crippen LogP contribution in [0.25, 0.3) is 0 Å². The van der Waals surface area contributed by atoms with Gasteiger partial charge in [0, 0.05) is 13.1 Å². The minimum atomic E-state index is 0.152. The Kier molecular flexibility index (Phi) is 3.23. The van der Waals surface area contributed by atoms with E-state index in [1.165, 1.54) is 0 Å². The molecule has 0 bridgehead atoms. The Morgan fingerprint density at radius 2 is 2.13 bits per heavy atom. The molecule has 0 unspecified atom stereocenters. The first-order valence-electron chi connectivity index (χ1n) is 5.42. The SMILES string of the molecule is CCN1CCO[C@@H](c2ccc(O)cc2)C1. The van der Waals surface area contributed by atoms with E-state index in [9.17, 15) is 5.11 Å². The van der Waals surface area contributed by atoms with E-state index in [-0.39, 0.29) is 6.10 Å². The number of morpholine rings is 1. The highest BCUT2D eigenvalue weighted by molar-refractivity contribution is 5.27. The van der Waals surface area contributed by atoms with Crippen molar-refractivity contribution in [1.29, 1.82) is 0 Å². The number of nitrogens with zero attached hydrogens (tertiary/aromatic N) is 1. The van der Waals surface area contributed by atoms with Crippen LogP contribution in [0.4, 0.5) is 0 Å². The Morgan fingerprint density at radius 3 is 2.80 bits per heavy atom. The van der Waals surface area contributed by atoms with E-state index in [1.807, 2.05) is 12.1 Å². The number of phenolic OH excluding ortho intramolecular Hbond substituents is 1. The summed E-state index contributed by atoms with van der Waals surface area (Å²) >= 11 is 0. The molecule has 1 heterocycles. The van der Waals surface area contributed by atoms with Gasteiger partial charge in [-0.25, -0.2) is 0 Å². The molecule has 1 aliphatic rings. The summed E-state index contributed by atoms with van der Waals surface area (Å²) in [6.07, 6.45) is 0.152. The van der Waals surface area contributed by atoms with E-state index in [0.29, 0.717) is 5.75 Å². The predicted octanol–water partition coefficient (Wildman–Crippen LogP) is 1.79. The molecule has 0 aliphatic carbocycles. The molecule has 1 aromatic carbocycles. The zero-order valence-electron chi connectivity index (χ0n) is 9.02. The first-order valence-corrected chi connectivity index (χ1v) is 5.42. The van der Waals surface area contributed by atoms with Gasteiger partial charge in [-0.3, -0.25) is 4.90 Å². The second kappa shape index (κ2) is 4.64. The summed E-state index contributed by atoms with van der Waals surface area (Å²) in [5, 5.41) is 9.20. The Bertz CT molecular complexity index is 310. The lowest BCUT2D eigenvalue weighted by Crippen LogP contribution is -2.37. The molecule has 1 saturated heterocycles. The lowest BCUT2D eigenvalue weighted by molar-refractivity contribution is -0.0281. The van der Waals surface area contributed by atoms with E-state index in [0.717, 1.165) is 31.8 Å². The maximum Gasteiger partial charge on any atom is 0.115 e. The standard InChI is InChI=1S/C12H17NO2/c1-2-13-7-8-15-12(9-13)10-3-5-11(14)6-4-10/h3-6,12,14H,2,7-9H2,1H3/t12-/m1/s1. The van der Waals surface area contributed by atoms with E-state index in [1.54, 1.807) is 12.1 Å². The van der Waals surface area contributed by atoms with E-state index < -0.39 is 0 Å². The molecule has 82 valence electrons. The van der Waals surface area contributed by atoms with Gasteiger partial charge in [0.05, 0.1) is 12.7 Å². The molecule has 3 nitrogen and oxygen atoms in total. The maximum absolute atomic E-state index is 9.20. The number of likely N-dealkylation sites (N-methyl/N-ethyl adjacent to an activating group) is 1. The van der Waals surface area contributed by atoms with Crippen LogP contribution in [0.2, 0.25) is 0 Å². The lowest BCUT2D eigenvalue weighted by atomic mass is 10.1. The van der Waals surface area contributed by atoms with Crippen LogP contribution in [0.15, 0.2) is 24.3 Å². The van der Waals surface area contributed by atoms with Gasteiger partial charge in [-0.05, 0) is 24.2 Å². The second-order valence-electron chi connectivity index (χ2n) is 3.84. The molecular formula is C12H17NO2. The highest BCUT2D eigenvalue weighted by Crippen LogP contribution is 2.23. The van der Waals surface area contributed by atoms with Gasteiger partial charge < -0.3 is 9.84 Å². The summed E-state index contributed by atoms with van der Waals surface area (Å²) in [6.45, 7) is 5.99. The fourth-order valence-corrected chi connectivity index (χ4v) is 1.88. The average molecular weight is 207 g/mol. The van der Waals surface area contributed by atoms with Gasteiger partial charge >= 0.3 is 0 Å². The van der Waals surface area contributed by atoms with Crippen molar-refractivity contribution in [3.05, 3.63) is 29.8 Å². The molecule has 0 radical (unpaired) electrons. The fourth-order valence-electron chi connectivity index (χ4n) is 1.88.